The number of hydrogen-bond acceptors (Lipinski definition) is 0. The van der Waals surface area contributed by atoms with Gasteiger partial charge >= 0.3 is 0 Å². The summed E-state index contributed by atoms with van der Waals surface area (Å²) in [5.74, 6) is 0. The highest BCUT2D eigenvalue weighted by Gasteiger charge is 2.27. The van der Waals surface area contributed by atoms with Crippen molar-refractivity contribution < 1.29 is 0 Å². The van der Waals surface area contributed by atoms with Crippen LogP contribution in [0, 0.1) is 20.8 Å². The molecule has 0 spiro atoms. The molecule has 0 fully saturated rings. The Hall–Kier alpha value is -3.38. The smallest absolute Gasteiger partial charge is 0.00261 e. The van der Waals surface area contributed by atoms with E-state index in [0.29, 0.717) is 0 Å². The number of allylic oxidation sites excluding steroid dienone is 5. The largest absolute Gasteiger partial charge is 0.0990 e. The first kappa shape index (κ1) is 19.0. The van der Waals surface area contributed by atoms with Crippen molar-refractivity contribution in [3.63, 3.8) is 0 Å². The van der Waals surface area contributed by atoms with Crippen LogP contribution < -0.4 is 0 Å². The zero-order valence-electron chi connectivity index (χ0n) is 17.5. The van der Waals surface area contributed by atoms with Gasteiger partial charge in [-0.1, -0.05) is 79.9 Å². The Labute approximate surface area is 174 Å². The minimum absolute atomic E-state index is 0.978. The van der Waals surface area contributed by atoms with Gasteiger partial charge in [0.25, 0.3) is 0 Å². The topological polar surface area (TPSA) is 0 Å². The SMILES string of the molecule is C=CC=C1C(=C)C(=C)c2c1cc(-c1c(C)cc(C)cc1C)cc2-c1ccccc1. The van der Waals surface area contributed by atoms with Crippen LogP contribution in [0.25, 0.3) is 33.4 Å². The first-order chi connectivity index (χ1) is 13.9. The highest BCUT2D eigenvalue weighted by Crippen LogP contribution is 2.49. The van der Waals surface area contributed by atoms with Crippen LogP contribution in [-0.4, -0.2) is 0 Å². The van der Waals surface area contributed by atoms with E-state index < -0.39 is 0 Å². The van der Waals surface area contributed by atoms with E-state index in [1.165, 1.54) is 50.1 Å². The van der Waals surface area contributed by atoms with Gasteiger partial charge in [-0.25, -0.2) is 0 Å². The van der Waals surface area contributed by atoms with Crippen LogP contribution in [0.15, 0.2) is 92.1 Å². The molecule has 0 nitrogen and oxygen atoms in total. The molecule has 0 saturated heterocycles. The van der Waals surface area contributed by atoms with Crippen LogP contribution in [0.3, 0.4) is 0 Å². The molecule has 0 atom stereocenters. The van der Waals surface area contributed by atoms with Crippen molar-refractivity contribution in [2.24, 2.45) is 0 Å². The Bertz CT molecular complexity index is 1180. The molecule has 0 bridgehead atoms. The highest BCUT2D eigenvalue weighted by atomic mass is 14.3. The van der Waals surface area contributed by atoms with E-state index >= 15 is 0 Å². The maximum Gasteiger partial charge on any atom is -0.00261 e. The standard InChI is InChI=1S/C29H26/c1-7-11-25-21(5)22(6)29-26(23-12-9-8-10-13-23)16-24(17-27(25)29)28-19(3)14-18(2)15-20(28)4/h7-17H,1,5-6H2,2-4H3. The van der Waals surface area contributed by atoms with Crippen LogP contribution >= 0.6 is 0 Å². The molecular formula is C29H26. The summed E-state index contributed by atoms with van der Waals surface area (Å²) < 4.78 is 0. The number of rotatable bonds is 3. The normalized spacial score (nSPS) is 14.4. The number of benzene rings is 3. The second kappa shape index (κ2) is 7.22. The summed E-state index contributed by atoms with van der Waals surface area (Å²) in [6.07, 6.45) is 3.88. The van der Waals surface area contributed by atoms with Gasteiger partial charge in [0.2, 0.25) is 0 Å². The minimum atomic E-state index is 0.978. The monoisotopic (exact) mass is 374 g/mol. The van der Waals surface area contributed by atoms with Gasteiger partial charge in [0, 0.05) is 0 Å². The van der Waals surface area contributed by atoms with Crippen molar-refractivity contribution in [1.82, 2.24) is 0 Å². The fourth-order valence-corrected chi connectivity index (χ4v) is 4.59. The molecule has 0 amide bonds. The van der Waals surface area contributed by atoms with Gasteiger partial charge in [0.05, 0.1) is 0 Å². The molecule has 0 heteroatoms. The fourth-order valence-electron chi connectivity index (χ4n) is 4.59. The third-order valence-corrected chi connectivity index (χ3v) is 5.75. The second-order valence-electron chi connectivity index (χ2n) is 7.86. The van der Waals surface area contributed by atoms with Crippen LogP contribution in [-0.2, 0) is 0 Å². The molecule has 0 saturated carbocycles. The molecule has 4 rings (SSSR count). The Morgan fingerprint density at radius 1 is 0.690 bits per heavy atom. The van der Waals surface area contributed by atoms with Gasteiger partial charge in [-0.15, -0.1) is 0 Å². The van der Waals surface area contributed by atoms with Gasteiger partial charge in [-0.05, 0) is 94.1 Å². The van der Waals surface area contributed by atoms with Crippen molar-refractivity contribution in [3.05, 3.63) is 120 Å². The maximum absolute atomic E-state index is 4.37. The average Bonchev–Trinajstić information content (AvgIpc) is 2.93. The van der Waals surface area contributed by atoms with Gasteiger partial charge in [-0.2, -0.15) is 0 Å². The summed E-state index contributed by atoms with van der Waals surface area (Å²) in [6.45, 7) is 19.1. The molecule has 3 aromatic rings. The molecule has 0 heterocycles. The molecule has 0 radical (unpaired) electrons. The zero-order chi connectivity index (χ0) is 20.7. The van der Waals surface area contributed by atoms with E-state index in [9.17, 15) is 0 Å². The molecule has 0 aliphatic heterocycles. The van der Waals surface area contributed by atoms with E-state index in [0.717, 1.165) is 16.7 Å². The lowest BCUT2D eigenvalue weighted by Gasteiger charge is -2.17. The molecule has 0 unspecified atom stereocenters. The quantitative estimate of drug-likeness (QED) is 0.434. The Balaban J connectivity index is 2.10. The van der Waals surface area contributed by atoms with Crippen LogP contribution in [0.1, 0.15) is 27.8 Å². The van der Waals surface area contributed by atoms with E-state index in [4.69, 9.17) is 0 Å². The van der Waals surface area contributed by atoms with Gasteiger partial charge < -0.3 is 0 Å². The predicted octanol–water partition coefficient (Wildman–Crippen LogP) is 8.10. The first-order valence-corrected chi connectivity index (χ1v) is 9.96. The van der Waals surface area contributed by atoms with E-state index in [-0.39, 0.29) is 0 Å². The highest BCUT2D eigenvalue weighted by molar-refractivity contribution is 6.11. The zero-order valence-corrected chi connectivity index (χ0v) is 17.5. The summed E-state index contributed by atoms with van der Waals surface area (Å²) in [5, 5.41) is 0. The van der Waals surface area contributed by atoms with Gasteiger partial charge in [0.15, 0.2) is 0 Å². The molecule has 29 heavy (non-hydrogen) atoms. The van der Waals surface area contributed by atoms with Crippen molar-refractivity contribution in [3.8, 4) is 22.3 Å². The van der Waals surface area contributed by atoms with E-state index in [2.05, 4.69) is 95.1 Å². The molecule has 0 N–H and O–H groups in total. The second-order valence-corrected chi connectivity index (χ2v) is 7.86. The summed E-state index contributed by atoms with van der Waals surface area (Å²) in [6, 6.07) is 19.7. The van der Waals surface area contributed by atoms with Gasteiger partial charge in [0.1, 0.15) is 0 Å². The van der Waals surface area contributed by atoms with Crippen LogP contribution in [0.4, 0.5) is 0 Å². The third kappa shape index (κ3) is 3.11. The summed E-state index contributed by atoms with van der Waals surface area (Å²) in [4.78, 5) is 0. The van der Waals surface area contributed by atoms with Crippen molar-refractivity contribution in [2.45, 2.75) is 20.8 Å². The Morgan fingerprint density at radius 3 is 1.93 bits per heavy atom. The molecule has 1 aliphatic rings. The van der Waals surface area contributed by atoms with Crippen molar-refractivity contribution in [1.29, 1.82) is 0 Å². The summed E-state index contributed by atoms with van der Waals surface area (Å²) in [5.41, 5.74) is 14.3. The molecule has 0 aromatic heterocycles. The van der Waals surface area contributed by atoms with E-state index in [1.807, 2.05) is 12.2 Å². The first-order valence-electron chi connectivity index (χ1n) is 9.96. The lowest BCUT2D eigenvalue weighted by atomic mass is 9.87. The molecule has 142 valence electrons. The number of aryl methyl sites for hydroxylation is 3. The van der Waals surface area contributed by atoms with Crippen molar-refractivity contribution >= 4 is 11.1 Å². The summed E-state index contributed by atoms with van der Waals surface area (Å²) >= 11 is 0. The Kier molecular flexibility index (Phi) is 4.72. The average molecular weight is 375 g/mol. The van der Waals surface area contributed by atoms with Crippen molar-refractivity contribution in [2.75, 3.05) is 0 Å². The van der Waals surface area contributed by atoms with Gasteiger partial charge in [-0.3, -0.25) is 0 Å². The predicted molar refractivity (Wildman–Crippen MR) is 128 cm³/mol. The lowest BCUT2D eigenvalue weighted by molar-refractivity contribution is 1.32. The van der Waals surface area contributed by atoms with Crippen LogP contribution in [0.5, 0.6) is 0 Å². The molecular weight excluding hydrogens is 348 g/mol. The lowest BCUT2D eigenvalue weighted by Crippen LogP contribution is -1.94. The molecule has 3 aromatic carbocycles. The van der Waals surface area contributed by atoms with E-state index in [1.54, 1.807) is 0 Å². The van der Waals surface area contributed by atoms with Crippen LogP contribution in [0.2, 0.25) is 0 Å². The Morgan fingerprint density at radius 2 is 1.31 bits per heavy atom. The molecule has 1 aliphatic carbocycles. The fraction of sp³-hybridized carbons (Fsp3) is 0.103. The minimum Gasteiger partial charge on any atom is -0.0990 e. The summed E-state index contributed by atoms with van der Waals surface area (Å²) in [7, 11) is 0. The third-order valence-electron chi connectivity index (χ3n) is 5.75. The number of hydrogen-bond donors (Lipinski definition) is 0. The number of fused-ring (bicyclic) bond motifs is 1. The maximum atomic E-state index is 4.37.